The molecule has 12 heteroatoms. The summed E-state index contributed by atoms with van der Waals surface area (Å²) in [4.78, 5) is 34.8. The van der Waals surface area contributed by atoms with Crippen molar-refractivity contribution in [2.45, 2.75) is 18.6 Å². The van der Waals surface area contributed by atoms with Gasteiger partial charge in [0.1, 0.15) is 5.75 Å². The number of thioether (sulfide) groups is 1. The Bertz CT molecular complexity index is 1150. The SMILES string of the molecule is CCOc1ccc(NC(=O)CSc2nnc(CNC(=O)c3cccc([N+](=O)[O-])c3)n2C)cc1. The number of rotatable bonds is 10. The summed E-state index contributed by atoms with van der Waals surface area (Å²) in [5, 5.41) is 24.9. The first-order valence-electron chi connectivity index (χ1n) is 9.93. The van der Waals surface area contributed by atoms with Crippen molar-refractivity contribution in [2.75, 3.05) is 17.7 Å². The average molecular weight is 471 g/mol. The number of anilines is 1. The highest BCUT2D eigenvalue weighted by atomic mass is 32.2. The predicted molar refractivity (Wildman–Crippen MR) is 122 cm³/mol. The van der Waals surface area contributed by atoms with Crippen LogP contribution < -0.4 is 15.4 Å². The standard InChI is InChI=1S/C21H22N6O5S/c1-3-32-17-9-7-15(8-10-17)23-19(28)13-33-21-25-24-18(26(21)2)12-22-20(29)14-5-4-6-16(11-14)27(30)31/h4-11H,3,12-13H2,1-2H3,(H,22,29)(H,23,28). The number of nitro groups is 1. The number of benzene rings is 2. The molecule has 0 aliphatic rings. The summed E-state index contributed by atoms with van der Waals surface area (Å²) in [5.74, 6) is 0.662. The summed E-state index contributed by atoms with van der Waals surface area (Å²) < 4.78 is 7.04. The van der Waals surface area contributed by atoms with E-state index in [0.29, 0.717) is 23.3 Å². The van der Waals surface area contributed by atoms with Gasteiger partial charge >= 0.3 is 0 Å². The molecule has 3 rings (SSSR count). The number of non-ortho nitro benzene ring substituents is 1. The number of carbonyl (C=O) groups excluding carboxylic acids is 2. The van der Waals surface area contributed by atoms with Crippen molar-refractivity contribution >= 4 is 35.0 Å². The molecule has 2 amide bonds. The summed E-state index contributed by atoms with van der Waals surface area (Å²) in [5.41, 5.74) is 0.669. The topological polar surface area (TPSA) is 141 Å². The lowest BCUT2D eigenvalue weighted by atomic mass is 10.2. The molecule has 0 saturated heterocycles. The highest BCUT2D eigenvalue weighted by Crippen LogP contribution is 2.19. The fraction of sp³-hybridized carbons (Fsp3) is 0.238. The van der Waals surface area contributed by atoms with Crippen LogP contribution in [0.1, 0.15) is 23.1 Å². The third kappa shape index (κ3) is 6.53. The lowest BCUT2D eigenvalue weighted by Crippen LogP contribution is -2.24. The van der Waals surface area contributed by atoms with Gasteiger partial charge in [0.2, 0.25) is 5.91 Å². The quantitative estimate of drug-likeness (QED) is 0.262. The molecule has 0 radical (unpaired) electrons. The predicted octanol–water partition coefficient (Wildman–Crippen LogP) is 2.78. The zero-order valence-electron chi connectivity index (χ0n) is 18.0. The number of hydrogen-bond donors (Lipinski definition) is 2. The van der Waals surface area contributed by atoms with E-state index in [-0.39, 0.29) is 29.5 Å². The van der Waals surface area contributed by atoms with Crippen molar-refractivity contribution in [1.82, 2.24) is 20.1 Å². The number of nitrogens with zero attached hydrogens (tertiary/aromatic N) is 4. The molecule has 0 unspecified atom stereocenters. The lowest BCUT2D eigenvalue weighted by Gasteiger charge is -2.08. The molecule has 3 aromatic rings. The number of carbonyl (C=O) groups is 2. The van der Waals surface area contributed by atoms with Gasteiger partial charge in [-0.2, -0.15) is 0 Å². The fourth-order valence-corrected chi connectivity index (χ4v) is 3.51. The maximum Gasteiger partial charge on any atom is 0.270 e. The number of aromatic nitrogens is 3. The number of ether oxygens (including phenoxy) is 1. The number of hydrogen-bond acceptors (Lipinski definition) is 8. The van der Waals surface area contributed by atoms with E-state index in [1.165, 1.54) is 36.0 Å². The zero-order chi connectivity index (χ0) is 23.8. The first kappa shape index (κ1) is 23.7. The molecular formula is C21H22N6O5S. The molecule has 0 spiro atoms. The smallest absolute Gasteiger partial charge is 0.270 e. The van der Waals surface area contributed by atoms with Crippen molar-refractivity contribution < 1.29 is 19.2 Å². The van der Waals surface area contributed by atoms with Gasteiger partial charge in [0.25, 0.3) is 11.6 Å². The van der Waals surface area contributed by atoms with Gasteiger partial charge in [-0.1, -0.05) is 17.8 Å². The van der Waals surface area contributed by atoms with Crippen LogP contribution in [-0.2, 0) is 18.4 Å². The zero-order valence-corrected chi connectivity index (χ0v) is 18.8. The number of nitrogens with one attached hydrogen (secondary N) is 2. The second-order valence-corrected chi connectivity index (χ2v) is 7.68. The summed E-state index contributed by atoms with van der Waals surface area (Å²) in [6.45, 7) is 2.54. The first-order valence-corrected chi connectivity index (χ1v) is 10.9. The highest BCUT2D eigenvalue weighted by Gasteiger charge is 2.15. The summed E-state index contributed by atoms with van der Waals surface area (Å²) in [6.07, 6.45) is 0. The van der Waals surface area contributed by atoms with E-state index in [1.54, 1.807) is 35.9 Å². The van der Waals surface area contributed by atoms with E-state index >= 15 is 0 Å². The van der Waals surface area contributed by atoms with E-state index in [2.05, 4.69) is 20.8 Å². The van der Waals surface area contributed by atoms with Crippen LogP contribution in [-0.4, -0.2) is 43.9 Å². The normalized spacial score (nSPS) is 10.5. The van der Waals surface area contributed by atoms with Gasteiger partial charge in [0.15, 0.2) is 11.0 Å². The summed E-state index contributed by atoms with van der Waals surface area (Å²) in [6, 6.07) is 12.5. The van der Waals surface area contributed by atoms with Crippen LogP contribution in [0.25, 0.3) is 0 Å². The van der Waals surface area contributed by atoms with Crippen molar-refractivity contribution in [3.63, 3.8) is 0 Å². The van der Waals surface area contributed by atoms with Crippen LogP contribution >= 0.6 is 11.8 Å². The van der Waals surface area contributed by atoms with Crippen molar-refractivity contribution in [3.8, 4) is 5.75 Å². The van der Waals surface area contributed by atoms with E-state index < -0.39 is 10.8 Å². The minimum absolute atomic E-state index is 0.0734. The summed E-state index contributed by atoms with van der Waals surface area (Å²) in [7, 11) is 1.72. The molecule has 1 heterocycles. The van der Waals surface area contributed by atoms with Crippen LogP contribution in [0.2, 0.25) is 0 Å². The third-order valence-corrected chi connectivity index (χ3v) is 5.45. The molecule has 0 saturated carbocycles. The van der Waals surface area contributed by atoms with Gasteiger partial charge < -0.3 is 19.9 Å². The van der Waals surface area contributed by atoms with Crippen molar-refractivity contribution in [2.24, 2.45) is 7.05 Å². The molecule has 172 valence electrons. The molecular weight excluding hydrogens is 448 g/mol. The van der Waals surface area contributed by atoms with E-state index in [1.807, 2.05) is 6.92 Å². The molecule has 11 nitrogen and oxygen atoms in total. The first-order chi connectivity index (χ1) is 15.9. The van der Waals surface area contributed by atoms with Crippen LogP contribution in [0.15, 0.2) is 53.7 Å². The highest BCUT2D eigenvalue weighted by molar-refractivity contribution is 7.99. The molecule has 0 bridgehead atoms. The molecule has 2 N–H and O–H groups in total. The molecule has 0 aliphatic heterocycles. The number of amides is 2. The molecule has 0 atom stereocenters. The van der Waals surface area contributed by atoms with Gasteiger partial charge in [0.05, 0.1) is 23.8 Å². The van der Waals surface area contributed by atoms with Gasteiger partial charge in [-0.15, -0.1) is 10.2 Å². The van der Waals surface area contributed by atoms with Crippen LogP contribution in [0.5, 0.6) is 5.75 Å². The summed E-state index contributed by atoms with van der Waals surface area (Å²) >= 11 is 1.21. The molecule has 1 aromatic heterocycles. The van der Waals surface area contributed by atoms with Gasteiger partial charge in [-0.25, -0.2) is 0 Å². The Morgan fingerprint density at radius 2 is 1.94 bits per heavy atom. The van der Waals surface area contributed by atoms with E-state index in [0.717, 1.165) is 5.75 Å². The second-order valence-electron chi connectivity index (χ2n) is 6.74. The minimum Gasteiger partial charge on any atom is -0.494 e. The Kier molecular flexibility index (Phi) is 7.97. The maximum absolute atomic E-state index is 12.3. The molecule has 0 fully saturated rings. The third-order valence-electron chi connectivity index (χ3n) is 4.43. The van der Waals surface area contributed by atoms with Crippen LogP contribution in [0.3, 0.4) is 0 Å². The Morgan fingerprint density at radius 3 is 2.64 bits per heavy atom. The van der Waals surface area contributed by atoms with Crippen molar-refractivity contribution in [1.29, 1.82) is 0 Å². The van der Waals surface area contributed by atoms with Gasteiger partial charge in [0, 0.05) is 30.4 Å². The van der Waals surface area contributed by atoms with Gasteiger partial charge in [-0.3, -0.25) is 19.7 Å². The Hall–Kier alpha value is -3.93. The Labute approximate surface area is 193 Å². The minimum atomic E-state index is -0.561. The van der Waals surface area contributed by atoms with E-state index in [9.17, 15) is 19.7 Å². The Morgan fingerprint density at radius 1 is 1.18 bits per heavy atom. The fourth-order valence-electron chi connectivity index (χ4n) is 2.78. The maximum atomic E-state index is 12.3. The molecule has 33 heavy (non-hydrogen) atoms. The van der Waals surface area contributed by atoms with Crippen LogP contribution in [0, 0.1) is 10.1 Å². The lowest BCUT2D eigenvalue weighted by molar-refractivity contribution is -0.384. The van der Waals surface area contributed by atoms with Crippen LogP contribution in [0.4, 0.5) is 11.4 Å². The van der Waals surface area contributed by atoms with E-state index in [4.69, 9.17) is 4.74 Å². The Balaban J connectivity index is 1.51. The monoisotopic (exact) mass is 470 g/mol. The number of nitro benzene ring substituents is 1. The second kappa shape index (κ2) is 11.1. The largest absolute Gasteiger partial charge is 0.494 e. The van der Waals surface area contributed by atoms with Gasteiger partial charge in [-0.05, 0) is 37.3 Å². The average Bonchev–Trinajstić information content (AvgIpc) is 3.17. The molecule has 2 aromatic carbocycles. The molecule has 0 aliphatic carbocycles. The van der Waals surface area contributed by atoms with Crippen molar-refractivity contribution in [3.05, 3.63) is 70.0 Å².